The van der Waals surface area contributed by atoms with Crippen molar-refractivity contribution in [1.29, 1.82) is 0 Å². The summed E-state index contributed by atoms with van der Waals surface area (Å²) >= 11 is 1.90. The number of hydrogen-bond acceptors (Lipinski definition) is 3. The van der Waals surface area contributed by atoms with Gasteiger partial charge in [0.1, 0.15) is 5.82 Å². The number of hydrogen-bond donors (Lipinski definition) is 2. The van der Waals surface area contributed by atoms with Gasteiger partial charge < -0.3 is 10.6 Å². The van der Waals surface area contributed by atoms with Crippen LogP contribution in [0.4, 0.5) is 4.39 Å². The van der Waals surface area contributed by atoms with Crippen molar-refractivity contribution in [2.75, 3.05) is 18.1 Å². The summed E-state index contributed by atoms with van der Waals surface area (Å²) in [4.78, 5) is 12.4. The van der Waals surface area contributed by atoms with Gasteiger partial charge in [0.25, 0.3) is 0 Å². The standard InChI is InChI=1S/C17H23FN2OS.ClH/c18-14-6-4-13(5-7-14)17(12-2-1-3-12)20-16(21)10-15-11-22-9-8-19-15;/h4-7,12,15,17,19H,1-3,8-11H2,(H,20,21);1H. The Morgan fingerprint density at radius 3 is 2.65 bits per heavy atom. The van der Waals surface area contributed by atoms with E-state index in [9.17, 15) is 9.18 Å². The minimum Gasteiger partial charge on any atom is -0.349 e. The lowest BCUT2D eigenvalue weighted by molar-refractivity contribution is -0.122. The minimum atomic E-state index is -0.231. The van der Waals surface area contributed by atoms with Crippen LogP contribution in [0.25, 0.3) is 0 Å². The molecule has 1 saturated carbocycles. The van der Waals surface area contributed by atoms with E-state index in [4.69, 9.17) is 0 Å². The monoisotopic (exact) mass is 358 g/mol. The van der Waals surface area contributed by atoms with E-state index in [0.29, 0.717) is 12.3 Å². The van der Waals surface area contributed by atoms with Crippen molar-refractivity contribution in [2.45, 2.75) is 37.8 Å². The van der Waals surface area contributed by atoms with Gasteiger partial charge in [-0.1, -0.05) is 18.6 Å². The van der Waals surface area contributed by atoms with Gasteiger partial charge in [-0.15, -0.1) is 12.4 Å². The number of rotatable bonds is 5. The highest BCUT2D eigenvalue weighted by Gasteiger charge is 2.30. The number of carbonyl (C=O) groups excluding carboxylic acids is 1. The van der Waals surface area contributed by atoms with Crippen LogP contribution in [0.15, 0.2) is 24.3 Å². The number of nitrogens with one attached hydrogen (secondary N) is 2. The Hall–Kier alpha value is -0.780. The molecule has 2 unspecified atom stereocenters. The van der Waals surface area contributed by atoms with E-state index < -0.39 is 0 Å². The zero-order valence-corrected chi connectivity index (χ0v) is 14.7. The van der Waals surface area contributed by atoms with E-state index in [2.05, 4.69) is 10.6 Å². The highest BCUT2D eigenvalue weighted by atomic mass is 35.5. The minimum absolute atomic E-state index is 0. The average molecular weight is 359 g/mol. The largest absolute Gasteiger partial charge is 0.349 e. The maximum atomic E-state index is 13.1. The molecule has 0 spiro atoms. The maximum Gasteiger partial charge on any atom is 0.222 e. The topological polar surface area (TPSA) is 41.1 Å². The number of amides is 1. The van der Waals surface area contributed by atoms with Gasteiger partial charge in [0.2, 0.25) is 5.91 Å². The molecule has 2 aliphatic rings. The molecule has 1 aliphatic carbocycles. The van der Waals surface area contributed by atoms with Gasteiger partial charge in [0.05, 0.1) is 6.04 Å². The Morgan fingerprint density at radius 1 is 1.35 bits per heavy atom. The number of thioether (sulfide) groups is 1. The summed E-state index contributed by atoms with van der Waals surface area (Å²) in [5.41, 5.74) is 1.02. The van der Waals surface area contributed by atoms with E-state index in [-0.39, 0.29) is 36.2 Å². The molecular formula is C17H24ClFN2OS. The summed E-state index contributed by atoms with van der Waals surface area (Å²) in [6.07, 6.45) is 4.02. The van der Waals surface area contributed by atoms with Crippen molar-refractivity contribution in [3.05, 3.63) is 35.6 Å². The lowest BCUT2D eigenvalue weighted by Crippen LogP contribution is -2.43. The van der Waals surface area contributed by atoms with Crippen LogP contribution in [-0.2, 0) is 4.79 Å². The molecule has 1 heterocycles. The van der Waals surface area contributed by atoms with Crippen molar-refractivity contribution >= 4 is 30.1 Å². The van der Waals surface area contributed by atoms with Crippen molar-refractivity contribution in [2.24, 2.45) is 5.92 Å². The molecule has 1 aromatic carbocycles. The van der Waals surface area contributed by atoms with Crippen LogP contribution in [0.5, 0.6) is 0 Å². The maximum absolute atomic E-state index is 13.1. The zero-order chi connectivity index (χ0) is 15.4. The summed E-state index contributed by atoms with van der Waals surface area (Å²) in [5.74, 6) is 2.48. The van der Waals surface area contributed by atoms with Crippen LogP contribution >= 0.6 is 24.2 Å². The molecule has 23 heavy (non-hydrogen) atoms. The molecule has 3 nitrogen and oxygen atoms in total. The summed E-state index contributed by atoms with van der Waals surface area (Å²) < 4.78 is 13.1. The van der Waals surface area contributed by atoms with Gasteiger partial charge in [-0.25, -0.2) is 4.39 Å². The number of halogens is 2. The Morgan fingerprint density at radius 2 is 2.09 bits per heavy atom. The van der Waals surface area contributed by atoms with Crippen LogP contribution in [0, 0.1) is 11.7 Å². The lowest BCUT2D eigenvalue weighted by Gasteiger charge is -2.35. The molecule has 2 N–H and O–H groups in total. The molecule has 0 aromatic heterocycles. The molecular weight excluding hydrogens is 335 g/mol. The second-order valence-corrected chi connectivity index (χ2v) is 7.37. The Balaban J connectivity index is 0.00000192. The van der Waals surface area contributed by atoms with Crippen LogP contribution in [0.2, 0.25) is 0 Å². The van der Waals surface area contributed by atoms with Crippen molar-refractivity contribution in [1.82, 2.24) is 10.6 Å². The van der Waals surface area contributed by atoms with Crippen LogP contribution in [0.1, 0.15) is 37.3 Å². The zero-order valence-electron chi connectivity index (χ0n) is 13.1. The Bertz CT molecular complexity index is 504. The van der Waals surface area contributed by atoms with E-state index in [0.717, 1.165) is 36.5 Å². The van der Waals surface area contributed by atoms with Crippen molar-refractivity contribution in [3.63, 3.8) is 0 Å². The van der Waals surface area contributed by atoms with E-state index in [1.54, 1.807) is 12.1 Å². The smallest absolute Gasteiger partial charge is 0.222 e. The van der Waals surface area contributed by atoms with Gasteiger partial charge in [-0.3, -0.25) is 4.79 Å². The third-order valence-corrected chi connectivity index (χ3v) is 5.73. The first-order valence-electron chi connectivity index (χ1n) is 8.08. The average Bonchev–Trinajstić information content (AvgIpc) is 2.46. The number of carbonyl (C=O) groups is 1. The third kappa shape index (κ3) is 5.10. The molecule has 1 aromatic rings. The van der Waals surface area contributed by atoms with Gasteiger partial charge >= 0.3 is 0 Å². The molecule has 3 rings (SSSR count). The quantitative estimate of drug-likeness (QED) is 0.848. The predicted octanol–water partition coefficient (Wildman–Crippen LogP) is 3.30. The predicted molar refractivity (Wildman–Crippen MR) is 95.6 cm³/mol. The first kappa shape index (κ1) is 18.6. The van der Waals surface area contributed by atoms with E-state index >= 15 is 0 Å². The third-order valence-electron chi connectivity index (χ3n) is 4.60. The molecule has 2 atom stereocenters. The second kappa shape index (κ2) is 8.90. The lowest BCUT2D eigenvalue weighted by atomic mass is 9.77. The summed E-state index contributed by atoms with van der Waals surface area (Å²) in [6.45, 7) is 0.979. The van der Waals surface area contributed by atoms with E-state index in [1.165, 1.54) is 18.6 Å². The summed E-state index contributed by atoms with van der Waals surface area (Å²) in [7, 11) is 0. The number of benzene rings is 1. The molecule has 6 heteroatoms. The molecule has 1 saturated heterocycles. The fourth-order valence-corrected chi connectivity index (χ4v) is 4.07. The molecule has 0 radical (unpaired) electrons. The fraction of sp³-hybridized carbons (Fsp3) is 0.588. The van der Waals surface area contributed by atoms with Crippen LogP contribution in [-0.4, -0.2) is 30.0 Å². The molecule has 128 valence electrons. The molecule has 0 bridgehead atoms. The molecule has 2 fully saturated rings. The van der Waals surface area contributed by atoms with Crippen LogP contribution < -0.4 is 10.6 Å². The van der Waals surface area contributed by atoms with Gasteiger partial charge in [0.15, 0.2) is 0 Å². The molecule has 1 aliphatic heterocycles. The Labute approximate surface area is 147 Å². The second-order valence-electron chi connectivity index (χ2n) is 6.22. The first-order valence-corrected chi connectivity index (χ1v) is 9.24. The first-order chi connectivity index (χ1) is 10.7. The summed E-state index contributed by atoms with van der Waals surface area (Å²) in [6, 6.07) is 6.85. The van der Waals surface area contributed by atoms with Crippen molar-refractivity contribution < 1.29 is 9.18 Å². The summed E-state index contributed by atoms with van der Waals surface area (Å²) in [5, 5.41) is 6.59. The van der Waals surface area contributed by atoms with E-state index in [1.807, 2.05) is 11.8 Å². The van der Waals surface area contributed by atoms with Crippen LogP contribution in [0.3, 0.4) is 0 Å². The van der Waals surface area contributed by atoms with Gasteiger partial charge in [-0.2, -0.15) is 11.8 Å². The highest BCUT2D eigenvalue weighted by Crippen LogP contribution is 2.37. The van der Waals surface area contributed by atoms with Gasteiger partial charge in [0, 0.05) is 30.5 Å². The normalized spacial score (nSPS) is 22.6. The Kier molecular flexibility index (Phi) is 7.18. The van der Waals surface area contributed by atoms with Gasteiger partial charge in [-0.05, 0) is 36.5 Å². The highest BCUT2D eigenvalue weighted by molar-refractivity contribution is 7.99. The fourth-order valence-electron chi connectivity index (χ4n) is 3.12. The SMILES string of the molecule is Cl.O=C(CC1CSCCN1)NC(c1ccc(F)cc1)C1CCC1. The van der Waals surface area contributed by atoms with Crippen molar-refractivity contribution in [3.8, 4) is 0 Å². The molecule has 1 amide bonds.